The van der Waals surface area contributed by atoms with Crippen molar-refractivity contribution < 1.29 is 18.8 Å². The fourth-order valence-electron chi connectivity index (χ4n) is 6.14. The number of allylic oxidation sites excluding steroid dienone is 4. The van der Waals surface area contributed by atoms with Gasteiger partial charge >= 0.3 is 5.97 Å². The average Bonchev–Trinajstić information content (AvgIpc) is 3.04. The van der Waals surface area contributed by atoms with Gasteiger partial charge in [0, 0.05) is 13.0 Å². The van der Waals surface area contributed by atoms with E-state index in [1.165, 1.54) is 161 Å². The van der Waals surface area contributed by atoms with Crippen LogP contribution in [0, 0.1) is 0 Å². The minimum atomic E-state index is -0.0640. The predicted octanol–water partition coefficient (Wildman–Crippen LogP) is 13.1. The molecule has 0 amide bonds. The molecule has 0 N–H and O–H groups in total. The molecule has 0 aromatic heterocycles. The van der Waals surface area contributed by atoms with Crippen LogP contribution in [0.2, 0.25) is 0 Å². The third kappa shape index (κ3) is 39.2. The zero-order chi connectivity index (χ0) is 34.5. The number of esters is 1. The number of hydrogen-bond acceptors (Lipinski definition) is 3. The number of carbonyl (C=O) groups is 1. The van der Waals surface area contributed by atoms with Crippen molar-refractivity contribution in [3.63, 3.8) is 0 Å². The zero-order valence-electron chi connectivity index (χ0n) is 32.7. The van der Waals surface area contributed by atoms with Gasteiger partial charge < -0.3 is 14.0 Å². The molecule has 0 aromatic rings. The molecule has 0 aliphatic heterocycles. The van der Waals surface area contributed by atoms with Gasteiger partial charge in [-0.05, 0) is 64.2 Å². The molecule has 4 nitrogen and oxygen atoms in total. The Labute approximate surface area is 295 Å². The first-order valence-electron chi connectivity index (χ1n) is 20.8. The molecular formula is C43H84NO3+. The molecule has 4 heteroatoms. The van der Waals surface area contributed by atoms with Crippen LogP contribution in [0.3, 0.4) is 0 Å². The molecule has 0 fully saturated rings. The van der Waals surface area contributed by atoms with Crippen molar-refractivity contribution in [2.24, 2.45) is 0 Å². The molecular weight excluding hydrogens is 578 g/mol. The van der Waals surface area contributed by atoms with E-state index in [1.807, 2.05) is 0 Å². The van der Waals surface area contributed by atoms with Gasteiger partial charge in [-0.2, -0.15) is 0 Å². The van der Waals surface area contributed by atoms with Crippen LogP contribution in [0.15, 0.2) is 24.3 Å². The van der Waals surface area contributed by atoms with Crippen LogP contribution in [0.1, 0.15) is 200 Å². The van der Waals surface area contributed by atoms with Gasteiger partial charge in [0.2, 0.25) is 0 Å². The van der Waals surface area contributed by atoms with Gasteiger partial charge in [0.05, 0.1) is 21.1 Å². The smallest absolute Gasteiger partial charge is 0.305 e. The molecule has 47 heavy (non-hydrogen) atoms. The first-order valence-corrected chi connectivity index (χ1v) is 20.8. The van der Waals surface area contributed by atoms with Crippen molar-refractivity contribution in [1.82, 2.24) is 0 Å². The van der Waals surface area contributed by atoms with Crippen LogP contribution in [0.25, 0.3) is 0 Å². The molecule has 0 aliphatic carbocycles. The van der Waals surface area contributed by atoms with Crippen LogP contribution < -0.4 is 0 Å². The number of likely N-dealkylation sites (N-methyl/N-ethyl adjacent to an activating group) is 1. The Bertz CT molecular complexity index is 696. The van der Waals surface area contributed by atoms with E-state index in [0.717, 1.165) is 36.9 Å². The summed E-state index contributed by atoms with van der Waals surface area (Å²) in [7, 11) is 6.53. The third-order valence-electron chi connectivity index (χ3n) is 9.08. The van der Waals surface area contributed by atoms with Crippen LogP contribution in [-0.2, 0) is 14.3 Å². The first-order chi connectivity index (χ1) is 22.9. The maximum atomic E-state index is 12.4. The number of nitrogens with zero attached hydrogens (tertiary/aromatic N) is 1. The van der Waals surface area contributed by atoms with Crippen molar-refractivity contribution in [2.45, 2.75) is 206 Å². The normalized spacial score (nSPS) is 12.9. The number of hydrogen-bond donors (Lipinski definition) is 0. The number of rotatable bonds is 37. The number of unbranched alkanes of at least 4 members (excludes halogenated alkanes) is 24. The second kappa shape index (κ2) is 36.2. The quantitative estimate of drug-likeness (QED) is 0.0287. The summed E-state index contributed by atoms with van der Waals surface area (Å²) in [5.41, 5.74) is 0. The summed E-state index contributed by atoms with van der Waals surface area (Å²) in [4.78, 5) is 12.4. The van der Waals surface area contributed by atoms with E-state index >= 15 is 0 Å². The number of ether oxygens (including phenoxy) is 2. The molecule has 0 spiro atoms. The Morgan fingerprint density at radius 1 is 0.511 bits per heavy atom. The SMILES string of the molecule is CCCCCCCC/C=C\CCCCCCCCCO[C@H](COC(=O)CCCCCCC/C=C\CCCCCCCC)C[N+](C)(C)C. The summed E-state index contributed by atoms with van der Waals surface area (Å²) >= 11 is 0. The molecule has 0 radical (unpaired) electrons. The fourth-order valence-corrected chi connectivity index (χ4v) is 6.14. The summed E-state index contributed by atoms with van der Waals surface area (Å²) < 4.78 is 12.7. The monoisotopic (exact) mass is 663 g/mol. The van der Waals surface area contributed by atoms with Crippen molar-refractivity contribution in [2.75, 3.05) is 40.9 Å². The van der Waals surface area contributed by atoms with E-state index < -0.39 is 0 Å². The lowest BCUT2D eigenvalue weighted by molar-refractivity contribution is -0.873. The molecule has 0 heterocycles. The van der Waals surface area contributed by atoms with Gasteiger partial charge in [0.15, 0.2) is 0 Å². The maximum absolute atomic E-state index is 12.4. The Kier molecular flexibility index (Phi) is 35.3. The number of carbonyl (C=O) groups excluding carboxylic acids is 1. The maximum Gasteiger partial charge on any atom is 0.305 e. The standard InChI is InChI=1S/C43H84NO3/c1-6-8-10-12-14-16-18-20-22-23-25-27-29-31-33-35-37-39-46-42(40-44(3,4)5)41-47-43(45)38-36-34-32-30-28-26-24-21-19-17-15-13-11-9-7-2/h20-22,24,42H,6-19,23,25-41H2,1-5H3/q+1/b22-20-,24-21-/t42-/m0/s1. The Hall–Kier alpha value is -1.13. The minimum absolute atomic E-state index is 0.0258. The van der Waals surface area contributed by atoms with Crippen LogP contribution in [-0.4, -0.2) is 57.5 Å². The molecule has 278 valence electrons. The zero-order valence-corrected chi connectivity index (χ0v) is 32.7. The highest BCUT2D eigenvalue weighted by atomic mass is 16.6. The molecule has 1 atom stereocenters. The van der Waals surface area contributed by atoms with Crippen molar-refractivity contribution in [1.29, 1.82) is 0 Å². The Balaban J connectivity index is 3.74. The molecule has 0 aliphatic rings. The highest BCUT2D eigenvalue weighted by Gasteiger charge is 2.20. The topological polar surface area (TPSA) is 35.5 Å². The molecule has 0 aromatic carbocycles. The van der Waals surface area contributed by atoms with Gasteiger partial charge in [-0.3, -0.25) is 4.79 Å². The van der Waals surface area contributed by atoms with E-state index in [-0.39, 0.29) is 12.1 Å². The summed E-state index contributed by atoms with van der Waals surface area (Å²) in [5, 5.41) is 0. The Morgan fingerprint density at radius 2 is 0.872 bits per heavy atom. The highest BCUT2D eigenvalue weighted by Crippen LogP contribution is 2.13. The van der Waals surface area contributed by atoms with Crippen LogP contribution >= 0.6 is 0 Å². The molecule has 0 unspecified atom stereocenters. The molecule has 0 bridgehead atoms. The lowest BCUT2D eigenvalue weighted by Crippen LogP contribution is -2.44. The average molecular weight is 663 g/mol. The molecule has 0 rings (SSSR count). The lowest BCUT2D eigenvalue weighted by Gasteiger charge is -2.29. The predicted molar refractivity (Wildman–Crippen MR) is 207 cm³/mol. The minimum Gasteiger partial charge on any atom is -0.463 e. The molecule has 0 saturated carbocycles. The van der Waals surface area contributed by atoms with Crippen molar-refractivity contribution in [3.8, 4) is 0 Å². The van der Waals surface area contributed by atoms with E-state index in [4.69, 9.17) is 9.47 Å². The van der Waals surface area contributed by atoms with Crippen LogP contribution in [0.4, 0.5) is 0 Å². The summed E-state index contributed by atoms with van der Waals surface area (Å²) in [5.74, 6) is -0.0640. The summed E-state index contributed by atoms with van der Waals surface area (Å²) in [6.45, 7) is 6.56. The highest BCUT2D eigenvalue weighted by molar-refractivity contribution is 5.69. The van der Waals surface area contributed by atoms with Gasteiger partial charge in [0.1, 0.15) is 19.3 Å². The van der Waals surface area contributed by atoms with E-state index in [2.05, 4.69) is 59.3 Å². The van der Waals surface area contributed by atoms with Gasteiger partial charge in [-0.25, -0.2) is 0 Å². The summed E-state index contributed by atoms with van der Waals surface area (Å²) in [6.07, 6.45) is 46.4. The van der Waals surface area contributed by atoms with E-state index in [0.29, 0.717) is 13.0 Å². The van der Waals surface area contributed by atoms with Gasteiger partial charge in [-0.15, -0.1) is 0 Å². The fraction of sp³-hybridized carbons (Fsp3) is 0.884. The van der Waals surface area contributed by atoms with Gasteiger partial charge in [0.25, 0.3) is 0 Å². The van der Waals surface area contributed by atoms with E-state index in [1.54, 1.807) is 0 Å². The van der Waals surface area contributed by atoms with Gasteiger partial charge in [-0.1, -0.05) is 154 Å². The first kappa shape index (κ1) is 45.9. The van der Waals surface area contributed by atoms with Crippen molar-refractivity contribution >= 4 is 5.97 Å². The second-order valence-electron chi connectivity index (χ2n) is 15.3. The van der Waals surface area contributed by atoms with E-state index in [9.17, 15) is 4.79 Å². The Morgan fingerprint density at radius 3 is 1.28 bits per heavy atom. The largest absolute Gasteiger partial charge is 0.463 e. The van der Waals surface area contributed by atoms with Crippen LogP contribution in [0.5, 0.6) is 0 Å². The second-order valence-corrected chi connectivity index (χ2v) is 15.3. The third-order valence-corrected chi connectivity index (χ3v) is 9.08. The van der Waals surface area contributed by atoms with Crippen molar-refractivity contribution in [3.05, 3.63) is 24.3 Å². The number of quaternary nitrogens is 1. The molecule has 0 saturated heterocycles. The summed E-state index contributed by atoms with van der Waals surface area (Å²) in [6, 6.07) is 0. The lowest BCUT2D eigenvalue weighted by atomic mass is 10.1.